The van der Waals surface area contributed by atoms with Crippen LogP contribution in [0.4, 0.5) is 0 Å². The van der Waals surface area contributed by atoms with Gasteiger partial charge in [0.15, 0.2) is 5.96 Å². The smallest absolute Gasteiger partial charge is 0.191 e. The van der Waals surface area contributed by atoms with Gasteiger partial charge in [-0.2, -0.15) is 0 Å². The third-order valence-corrected chi connectivity index (χ3v) is 5.30. The van der Waals surface area contributed by atoms with Crippen LogP contribution in [0.15, 0.2) is 35.3 Å². The van der Waals surface area contributed by atoms with Crippen LogP contribution < -0.4 is 15.4 Å². The summed E-state index contributed by atoms with van der Waals surface area (Å²) >= 11 is 1.80. The van der Waals surface area contributed by atoms with Crippen molar-refractivity contribution in [1.82, 2.24) is 10.6 Å². The Kier molecular flexibility index (Phi) is 6.52. The topological polar surface area (TPSA) is 54.9 Å². The number of benzene rings is 1. The molecule has 1 saturated heterocycles. The second kappa shape index (κ2) is 9.05. The van der Waals surface area contributed by atoms with Crippen molar-refractivity contribution in [3.8, 4) is 5.75 Å². The van der Waals surface area contributed by atoms with Crippen LogP contribution in [0.3, 0.4) is 0 Å². The molecule has 1 aliphatic rings. The van der Waals surface area contributed by atoms with Crippen LogP contribution in [0.2, 0.25) is 0 Å². The second-order valence-electron chi connectivity index (χ2n) is 6.51. The van der Waals surface area contributed by atoms with Crippen molar-refractivity contribution in [2.24, 2.45) is 4.99 Å². The Morgan fingerprint density at radius 1 is 1.23 bits per heavy atom. The molecule has 1 unspecified atom stereocenters. The summed E-state index contributed by atoms with van der Waals surface area (Å²) in [6.45, 7) is 7.09. The van der Waals surface area contributed by atoms with Crippen LogP contribution in [0.5, 0.6) is 5.75 Å². The summed E-state index contributed by atoms with van der Waals surface area (Å²) in [5.74, 6) is 1.71. The number of rotatable bonds is 6. The molecule has 6 heteroatoms. The number of hydrogen-bond acceptors (Lipinski definition) is 4. The van der Waals surface area contributed by atoms with Crippen molar-refractivity contribution in [3.05, 3.63) is 51.2 Å². The number of thiophene rings is 1. The molecule has 2 N–H and O–H groups in total. The van der Waals surface area contributed by atoms with Crippen LogP contribution in [0.25, 0.3) is 0 Å². The van der Waals surface area contributed by atoms with Gasteiger partial charge >= 0.3 is 0 Å². The first-order valence-electron chi connectivity index (χ1n) is 8.98. The van der Waals surface area contributed by atoms with Crippen molar-refractivity contribution < 1.29 is 9.47 Å². The van der Waals surface area contributed by atoms with E-state index in [1.54, 1.807) is 18.4 Å². The maximum absolute atomic E-state index is 6.16. The third-order valence-electron chi connectivity index (χ3n) is 4.30. The number of nitrogens with one attached hydrogen (secondary N) is 2. The average molecular weight is 374 g/mol. The van der Waals surface area contributed by atoms with E-state index < -0.39 is 0 Å². The quantitative estimate of drug-likeness (QED) is 0.602. The number of hydrogen-bond donors (Lipinski definition) is 2. The highest BCUT2D eigenvalue weighted by Gasteiger charge is 2.18. The van der Waals surface area contributed by atoms with E-state index in [-0.39, 0.29) is 6.10 Å². The van der Waals surface area contributed by atoms with E-state index in [4.69, 9.17) is 9.47 Å². The molecule has 0 spiro atoms. The Balaban J connectivity index is 1.58. The summed E-state index contributed by atoms with van der Waals surface area (Å²) in [5, 5.41) is 6.74. The molecule has 0 saturated carbocycles. The van der Waals surface area contributed by atoms with E-state index in [0.717, 1.165) is 36.8 Å². The molecule has 3 rings (SSSR count). The molecule has 2 aromatic rings. The van der Waals surface area contributed by atoms with Gasteiger partial charge in [0.2, 0.25) is 0 Å². The Morgan fingerprint density at radius 2 is 2.08 bits per heavy atom. The van der Waals surface area contributed by atoms with Crippen molar-refractivity contribution >= 4 is 17.3 Å². The van der Waals surface area contributed by atoms with E-state index in [1.165, 1.54) is 15.3 Å². The summed E-state index contributed by atoms with van der Waals surface area (Å²) in [6, 6.07) is 10.6. The molecular weight excluding hydrogens is 346 g/mol. The van der Waals surface area contributed by atoms with E-state index in [9.17, 15) is 0 Å². The maximum Gasteiger partial charge on any atom is 0.191 e. The SMILES string of the molecule is CN=C(NCc1ccc(C)s1)NCc1ccc(C)cc1OC1CCOC1. The zero-order chi connectivity index (χ0) is 18.4. The minimum Gasteiger partial charge on any atom is -0.488 e. The third kappa shape index (κ3) is 5.22. The van der Waals surface area contributed by atoms with Crippen LogP contribution >= 0.6 is 11.3 Å². The van der Waals surface area contributed by atoms with Crippen LogP contribution in [0.1, 0.15) is 27.3 Å². The lowest BCUT2D eigenvalue weighted by Crippen LogP contribution is -2.36. The largest absolute Gasteiger partial charge is 0.488 e. The fraction of sp³-hybridized carbons (Fsp3) is 0.450. The van der Waals surface area contributed by atoms with Gasteiger partial charge in [-0.1, -0.05) is 12.1 Å². The van der Waals surface area contributed by atoms with E-state index >= 15 is 0 Å². The lowest BCUT2D eigenvalue weighted by molar-refractivity contribution is 0.140. The van der Waals surface area contributed by atoms with Crippen molar-refractivity contribution in [2.75, 3.05) is 20.3 Å². The molecule has 1 fully saturated rings. The predicted octanol–water partition coefficient (Wildman–Crippen LogP) is 3.40. The van der Waals surface area contributed by atoms with Gasteiger partial charge in [-0.25, -0.2) is 0 Å². The summed E-state index contributed by atoms with van der Waals surface area (Å²) in [6.07, 6.45) is 1.10. The number of aliphatic imine (C=N–C) groups is 1. The van der Waals surface area contributed by atoms with Crippen LogP contribution in [-0.4, -0.2) is 32.3 Å². The Morgan fingerprint density at radius 3 is 2.77 bits per heavy atom. The predicted molar refractivity (Wildman–Crippen MR) is 107 cm³/mol. The standard InChI is InChI=1S/C20H27N3O2S/c1-14-4-6-16(19(10-14)25-17-8-9-24-13-17)11-22-20(21-3)23-12-18-7-5-15(2)26-18/h4-7,10,17H,8-9,11-13H2,1-3H3,(H2,21,22,23). The molecule has 2 heterocycles. The number of ether oxygens (including phenoxy) is 2. The summed E-state index contributed by atoms with van der Waals surface area (Å²) in [4.78, 5) is 6.93. The molecule has 0 radical (unpaired) electrons. The van der Waals surface area contributed by atoms with Crippen molar-refractivity contribution in [3.63, 3.8) is 0 Å². The highest BCUT2D eigenvalue weighted by Crippen LogP contribution is 2.23. The minimum atomic E-state index is 0.148. The minimum absolute atomic E-state index is 0.148. The van der Waals surface area contributed by atoms with Gasteiger partial charge in [0.1, 0.15) is 11.9 Å². The summed E-state index contributed by atoms with van der Waals surface area (Å²) in [5.41, 5.74) is 2.32. The van der Waals surface area contributed by atoms with E-state index in [0.29, 0.717) is 13.2 Å². The van der Waals surface area contributed by atoms with Gasteiger partial charge in [0, 0.05) is 35.3 Å². The zero-order valence-corrected chi connectivity index (χ0v) is 16.5. The molecule has 26 heavy (non-hydrogen) atoms. The zero-order valence-electron chi connectivity index (χ0n) is 15.7. The Labute approximate surface area is 159 Å². The molecule has 5 nitrogen and oxygen atoms in total. The molecule has 0 amide bonds. The fourth-order valence-electron chi connectivity index (χ4n) is 2.85. The van der Waals surface area contributed by atoms with Crippen molar-refractivity contribution in [2.45, 2.75) is 39.5 Å². The Hall–Kier alpha value is -2.05. The number of guanidine groups is 1. The highest BCUT2D eigenvalue weighted by atomic mass is 32.1. The molecule has 1 aliphatic heterocycles. The lowest BCUT2D eigenvalue weighted by Gasteiger charge is -2.18. The average Bonchev–Trinajstić information content (AvgIpc) is 3.28. The molecule has 1 aromatic carbocycles. The summed E-state index contributed by atoms with van der Waals surface area (Å²) in [7, 11) is 1.79. The summed E-state index contributed by atoms with van der Waals surface area (Å²) < 4.78 is 11.6. The second-order valence-corrected chi connectivity index (χ2v) is 7.88. The normalized spacial score (nSPS) is 17.3. The van der Waals surface area contributed by atoms with Gasteiger partial charge in [-0.05, 0) is 37.6 Å². The lowest BCUT2D eigenvalue weighted by atomic mass is 10.1. The molecule has 140 valence electrons. The number of aryl methyl sites for hydroxylation is 2. The Bertz CT molecular complexity index is 751. The van der Waals surface area contributed by atoms with E-state index in [2.05, 4.69) is 59.8 Å². The monoisotopic (exact) mass is 373 g/mol. The van der Waals surface area contributed by atoms with Gasteiger partial charge in [-0.3, -0.25) is 4.99 Å². The highest BCUT2D eigenvalue weighted by molar-refractivity contribution is 7.11. The molecule has 1 atom stereocenters. The number of nitrogens with zero attached hydrogens (tertiary/aromatic N) is 1. The van der Waals surface area contributed by atoms with Gasteiger partial charge in [0.05, 0.1) is 19.8 Å². The van der Waals surface area contributed by atoms with Gasteiger partial charge < -0.3 is 20.1 Å². The first-order chi connectivity index (χ1) is 12.6. The molecule has 0 aliphatic carbocycles. The first kappa shape index (κ1) is 18.7. The van der Waals surface area contributed by atoms with E-state index in [1.807, 2.05) is 0 Å². The molecular formula is C20H27N3O2S. The van der Waals surface area contributed by atoms with Crippen LogP contribution in [0, 0.1) is 13.8 Å². The molecule has 1 aromatic heterocycles. The van der Waals surface area contributed by atoms with Crippen LogP contribution in [-0.2, 0) is 17.8 Å². The maximum atomic E-state index is 6.16. The molecule has 0 bridgehead atoms. The van der Waals surface area contributed by atoms with Crippen molar-refractivity contribution in [1.29, 1.82) is 0 Å². The van der Waals surface area contributed by atoms with Gasteiger partial charge in [-0.15, -0.1) is 11.3 Å². The first-order valence-corrected chi connectivity index (χ1v) is 9.79. The van der Waals surface area contributed by atoms with Gasteiger partial charge in [0.25, 0.3) is 0 Å². The fourth-order valence-corrected chi connectivity index (χ4v) is 3.68.